The fraction of sp³-hybridized carbons (Fsp3) is 0.750. The number of hydrogen-bond donors (Lipinski definition) is 0. The molecule has 3 fully saturated rings. The molecule has 27 heavy (non-hydrogen) atoms. The maximum atomic E-state index is 13.7. The summed E-state index contributed by atoms with van der Waals surface area (Å²) in [5, 5.41) is 0. The molecule has 3 saturated carbocycles. The number of rotatable bonds is 3. The third kappa shape index (κ3) is 4.07. The summed E-state index contributed by atoms with van der Waals surface area (Å²) >= 11 is 0. The SMILES string of the molecule is [2H]C1([2H])CC(C2CCC3CC(c4cc(F)c(F)c(F)c4)CCC3C2)CC([2H])([2H])C1CC. The second kappa shape index (κ2) is 8.17. The smallest absolute Gasteiger partial charge is 0.194 e. The summed E-state index contributed by atoms with van der Waals surface area (Å²) in [5.74, 6) is -2.74. The molecule has 4 atom stereocenters. The molecular formula is C24H33F3. The van der Waals surface area contributed by atoms with E-state index in [2.05, 4.69) is 0 Å². The Morgan fingerprint density at radius 1 is 0.815 bits per heavy atom. The van der Waals surface area contributed by atoms with Crippen molar-refractivity contribution in [1.82, 2.24) is 0 Å². The maximum Gasteiger partial charge on any atom is 0.194 e. The molecular weight excluding hydrogens is 345 g/mol. The van der Waals surface area contributed by atoms with E-state index in [0.717, 1.165) is 50.7 Å². The molecule has 0 radical (unpaired) electrons. The van der Waals surface area contributed by atoms with Crippen molar-refractivity contribution in [2.75, 3.05) is 0 Å². The highest BCUT2D eigenvalue weighted by atomic mass is 19.2. The monoisotopic (exact) mass is 382 g/mol. The van der Waals surface area contributed by atoms with Crippen molar-refractivity contribution in [2.45, 2.75) is 83.4 Å². The van der Waals surface area contributed by atoms with Crippen LogP contribution in [0.2, 0.25) is 0 Å². The third-order valence-electron chi connectivity index (χ3n) is 7.46. The zero-order valence-corrected chi connectivity index (χ0v) is 16.1. The maximum absolute atomic E-state index is 13.7. The fourth-order valence-corrected chi connectivity index (χ4v) is 5.82. The van der Waals surface area contributed by atoms with Gasteiger partial charge in [-0.25, -0.2) is 13.2 Å². The van der Waals surface area contributed by atoms with Crippen molar-refractivity contribution in [3.63, 3.8) is 0 Å². The second-order valence-corrected chi connectivity index (χ2v) is 8.94. The van der Waals surface area contributed by atoms with Crippen LogP contribution in [0.3, 0.4) is 0 Å². The van der Waals surface area contributed by atoms with Gasteiger partial charge in [-0.15, -0.1) is 0 Å². The van der Waals surface area contributed by atoms with Crippen molar-refractivity contribution in [3.05, 3.63) is 35.1 Å². The first-order valence-electron chi connectivity index (χ1n) is 12.7. The summed E-state index contributed by atoms with van der Waals surface area (Å²) < 4.78 is 74.6. The molecule has 1 aromatic carbocycles. The Morgan fingerprint density at radius 2 is 1.37 bits per heavy atom. The van der Waals surface area contributed by atoms with Crippen LogP contribution >= 0.6 is 0 Å². The van der Waals surface area contributed by atoms with E-state index in [0.29, 0.717) is 42.6 Å². The van der Waals surface area contributed by atoms with Gasteiger partial charge in [0.2, 0.25) is 0 Å². The van der Waals surface area contributed by atoms with Crippen molar-refractivity contribution in [2.24, 2.45) is 29.6 Å². The summed E-state index contributed by atoms with van der Waals surface area (Å²) in [5.41, 5.74) is 0.552. The molecule has 0 nitrogen and oxygen atoms in total. The minimum atomic E-state index is -1.47. The minimum Gasteiger partial charge on any atom is -0.204 e. The van der Waals surface area contributed by atoms with E-state index in [-0.39, 0.29) is 11.8 Å². The van der Waals surface area contributed by atoms with Gasteiger partial charge in [0, 0.05) is 5.48 Å². The number of hydrogen-bond acceptors (Lipinski definition) is 0. The molecule has 0 saturated heterocycles. The molecule has 0 aliphatic heterocycles. The van der Waals surface area contributed by atoms with E-state index >= 15 is 0 Å². The normalized spacial score (nSPS) is 43.0. The third-order valence-corrected chi connectivity index (χ3v) is 7.46. The average Bonchev–Trinajstić information content (AvgIpc) is 2.69. The summed E-state index contributed by atoms with van der Waals surface area (Å²) in [4.78, 5) is 0. The van der Waals surface area contributed by atoms with Gasteiger partial charge in [0.05, 0.1) is 0 Å². The van der Waals surface area contributed by atoms with Gasteiger partial charge >= 0.3 is 0 Å². The van der Waals surface area contributed by atoms with Crippen LogP contribution in [0, 0.1) is 47.0 Å². The molecule has 3 aliphatic carbocycles. The number of benzene rings is 1. The molecule has 0 N–H and O–H groups in total. The Hall–Kier alpha value is -0.990. The molecule has 3 aliphatic rings. The molecule has 4 rings (SSSR count). The van der Waals surface area contributed by atoms with Crippen LogP contribution in [0.5, 0.6) is 0 Å². The van der Waals surface area contributed by atoms with E-state index in [1.54, 1.807) is 0 Å². The van der Waals surface area contributed by atoms with Crippen LogP contribution in [-0.2, 0) is 0 Å². The van der Waals surface area contributed by atoms with Crippen molar-refractivity contribution < 1.29 is 18.7 Å². The van der Waals surface area contributed by atoms with Gasteiger partial charge in [0.1, 0.15) is 0 Å². The van der Waals surface area contributed by atoms with E-state index in [4.69, 9.17) is 5.48 Å². The first kappa shape index (κ1) is 14.9. The van der Waals surface area contributed by atoms with E-state index in [1.165, 1.54) is 0 Å². The zero-order chi connectivity index (χ0) is 22.6. The lowest BCUT2D eigenvalue weighted by Gasteiger charge is -2.45. The highest BCUT2D eigenvalue weighted by Crippen LogP contribution is 2.51. The van der Waals surface area contributed by atoms with Gasteiger partial charge in [-0.05, 0) is 105 Å². The lowest BCUT2D eigenvalue weighted by molar-refractivity contribution is 0.0715. The highest BCUT2D eigenvalue weighted by Gasteiger charge is 2.39. The quantitative estimate of drug-likeness (QED) is 0.472. The summed E-state index contributed by atoms with van der Waals surface area (Å²) in [6, 6.07) is 2.29. The van der Waals surface area contributed by atoms with Crippen molar-refractivity contribution in [1.29, 1.82) is 0 Å². The Morgan fingerprint density at radius 3 is 2.00 bits per heavy atom. The van der Waals surface area contributed by atoms with Gasteiger partial charge in [-0.1, -0.05) is 26.1 Å². The predicted molar refractivity (Wildman–Crippen MR) is 103 cm³/mol. The Labute approximate surface area is 167 Å². The molecule has 0 spiro atoms. The highest BCUT2D eigenvalue weighted by molar-refractivity contribution is 5.24. The topological polar surface area (TPSA) is 0 Å². The van der Waals surface area contributed by atoms with Crippen molar-refractivity contribution >= 4 is 0 Å². The standard InChI is InChI=1S/C24H33F3/c1-2-15-3-5-16(6-4-15)17-7-8-19-12-20(10-9-18(19)11-17)21-13-22(25)24(27)23(26)14-21/h13-20H,2-12H2,1H3/i3D2,4D2. The molecule has 0 amide bonds. The largest absolute Gasteiger partial charge is 0.204 e. The lowest BCUT2D eigenvalue weighted by Crippen LogP contribution is -2.34. The Bertz CT molecular complexity index is 771. The number of halogens is 3. The van der Waals surface area contributed by atoms with Crippen LogP contribution in [0.1, 0.15) is 94.4 Å². The van der Waals surface area contributed by atoms with Crippen molar-refractivity contribution in [3.8, 4) is 0 Å². The van der Waals surface area contributed by atoms with Crippen LogP contribution in [-0.4, -0.2) is 0 Å². The first-order valence-corrected chi connectivity index (χ1v) is 10.7. The Kier molecular flexibility index (Phi) is 4.52. The average molecular weight is 383 g/mol. The fourth-order valence-electron chi connectivity index (χ4n) is 5.82. The molecule has 3 heteroatoms. The van der Waals surface area contributed by atoms with Crippen LogP contribution in [0.4, 0.5) is 13.2 Å². The van der Waals surface area contributed by atoms with E-state index in [9.17, 15) is 13.2 Å². The zero-order valence-electron chi connectivity index (χ0n) is 20.1. The molecule has 0 bridgehead atoms. The lowest BCUT2D eigenvalue weighted by atomic mass is 9.60. The summed E-state index contributed by atoms with van der Waals surface area (Å²) in [6.07, 6.45) is 4.08. The van der Waals surface area contributed by atoms with Gasteiger partial charge in [-0.3, -0.25) is 0 Å². The Balaban J connectivity index is 1.41. The van der Waals surface area contributed by atoms with Gasteiger partial charge in [0.25, 0.3) is 0 Å². The van der Waals surface area contributed by atoms with Crippen LogP contribution in [0.15, 0.2) is 12.1 Å². The molecule has 0 aromatic heterocycles. The molecule has 0 heterocycles. The first-order chi connectivity index (χ1) is 14.5. The van der Waals surface area contributed by atoms with Crippen LogP contribution < -0.4 is 0 Å². The van der Waals surface area contributed by atoms with Gasteiger partial charge in [-0.2, -0.15) is 0 Å². The number of fused-ring (bicyclic) bond motifs is 1. The van der Waals surface area contributed by atoms with Gasteiger partial charge in [0.15, 0.2) is 17.5 Å². The summed E-state index contributed by atoms with van der Waals surface area (Å²) in [6.45, 7) is 1.88. The van der Waals surface area contributed by atoms with E-state index in [1.807, 2.05) is 6.92 Å². The molecule has 1 aromatic rings. The van der Waals surface area contributed by atoms with Crippen LogP contribution in [0.25, 0.3) is 0 Å². The predicted octanol–water partition coefficient (Wildman–Crippen LogP) is 7.62. The summed E-state index contributed by atoms with van der Waals surface area (Å²) in [7, 11) is 0. The van der Waals surface area contributed by atoms with E-state index < -0.39 is 36.1 Å². The minimum absolute atomic E-state index is 0.0469. The molecule has 4 unspecified atom stereocenters. The second-order valence-electron chi connectivity index (χ2n) is 8.94. The molecule has 150 valence electrons. The van der Waals surface area contributed by atoms with Gasteiger partial charge < -0.3 is 0 Å².